The van der Waals surface area contributed by atoms with Gasteiger partial charge in [0.05, 0.1) is 22.8 Å². The summed E-state index contributed by atoms with van der Waals surface area (Å²) in [5.74, 6) is -1.51. The molecule has 1 atom stereocenters. The number of nitro groups is 1. The Balaban J connectivity index is 1.94. The van der Waals surface area contributed by atoms with Crippen LogP contribution in [0.25, 0.3) is 5.70 Å². The predicted molar refractivity (Wildman–Crippen MR) is 106 cm³/mol. The first-order valence-electron chi connectivity index (χ1n) is 9.21. The van der Waals surface area contributed by atoms with Crippen molar-refractivity contribution < 1.29 is 19.2 Å². The number of dihydropyridines is 1. The Kier molecular flexibility index (Phi) is 4.50. The normalized spacial score (nSPS) is 17.6. The van der Waals surface area contributed by atoms with Crippen molar-refractivity contribution in [2.75, 3.05) is 6.61 Å². The highest BCUT2D eigenvalue weighted by Gasteiger charge is 2.43. The summed E-state index contributed by atoms with van der Waals surface area (Å²) in [6.07, 6.45) is 0. The lowest BCUT2D eigenvalue weighted by molar-refractivity contribution is -0.384. The zero-order valence-electron chi connectivity index (χ0n) is 15.9. The van der Waals surface area contributed by atoms with Crippen LogP contribution in [-0.2, 0) is 9.53 Å². The van der Waals surface area contributed by atoms with E-state index in [1.54, 1.807) is 38.1 Å². The van der Waals surface area contributed by atoms with Crippen molar-refractivity contribution in [3.8, 4) is 0 Å². The van der Waals surface area contributed by atoms with E-state index < -0.39 is 16.8 Å². The number of rotatable bonds is 4. The Morgan fingerprint density at radius 1 is 1.17 bits per heavy atom. The van der Waals surface area contributed by atoms with Crippen LogP contribution in [0.2, 0.25) is 0 Å². The Bertz CT molecular complexity index is 1130. The second-order valence-corrected chi connectivity index (χ2v) is 6.83. The van der Waals surface area contributed by atoms with Crippen LogP contribution in [0.4, 0.5) is 5.69 Å². The Labute approximate surface area is 166 Å². The van der Waals surface area contributed by atoms with E-state index in [-0.39, 0.29) is 23.7 Å². The van der Waals surface area contributed by atoms with E-state index in [0.717, 1.165) is 5.56 Å². The number of ether oxygens (including phenoxy) is 1. The maximum Gasteiger partial charge on any atom is 0.336 e. The molecular weight excluding hydrogens is 372 g/mol. The second-order valence-electron chi connectivity index (χ2n) is 6.83. The van der Waals surface area contributed by atoms with Crippen LogP contribution < -0.4 is 5.32 Å². The molecule has 2 aromatic rings. The number of carbonyl (C=O) groups excluding carboxylic acids is 2. The van der Waals surface area contributed by atoms with Gasteiger partial charge >= 0.3 is 5.97 Å². The fourth-order valence-electron chi connectivity index (χ4n) is 3.96. The molecule has 1 unspecified atom stereocenters. The summed E-state index contributed by atoms with van der Waals surface area (Å²) in [7, 11) is 0. The van der Waals surface area contributed by atoms with Gasteiger partial charge in [-0.2, -0.15) is 0 Å². The number of esters is 1. The Hall–Kier alpha value is -3.74. The van der Waals surface area contributed by atoms with Crippen LogP contribution in [0.15, 0.2) is 65.4 Å². The van der Waals surface area contributed by atoms with Gasteiger partial charge < -0.3 is 10.1 Å². The van der Waals surface area contributed by atoms with Gasteiger partial charge in [-0.05, 0) is 19.4 Å². The number of benzene rings is 2. The first-order valence-corrected chi connectivity index (χ1v) is 9.21. The van der Waals surface area contributed by atoms with Gasteiger partial charge in [0.15, 0.2) is 5.78 Å². The molecule has 0 aromatic heterocycles. The van der Waals surface area contributed by atoms with Gasteiger partial charge in [-0.15, -0.1) is 0 Å². The highest BCUT2D eigenvalue weighted by Crippen LogP contribution is 2.47. The standard InChI is InChI=1S/C22H18N2O5/c1-3-29-22(26)17-12(2)23-20-15-9-4-5-10-16(15)21(25)19(20)18(17)13-7-6-8-14(11-13)24(27)28/h4-11,18,23H,3H2,1-2H3. The van der Waals surface area contributed by atoms with Gasteiger partial charge in [0, 0.05) is 40.4 Å². The van der Waals surface area contributed by atoms with Crippen LogP contribution >= 0.6 is 0 Å². The summed E-state index contributed by atoms with van der Waals surface area (Å²) < 4.78 is 5.24. The van der Waals surface area contributed by atoms with Crippen molar-refractivity contribution in [3.63, 3.8) is 0 Å². The Morgan fingerprint density at radius 3 is 2.59 bits per heavy atom. The maximum absolute atomic E-state index is 13.3. The van der Waals surface area contributed by atoms with Crippen LogP contribution in [0, 0.1) is 10.1 Å². The molecule has 0 saturated heterocycles. The lowest BCUT2D eigenvalue weighted by atomic mass is 9.79. The number of hydrogen-bond donors (Lipinski definition) is 1. The highest BCUT2D eigenvalue weighted by molar-refractivity contribution is 6.23. The molecule has 2 aliphatic rings. The van der Waals surface area contributed by atoms with Crippen molar-refractivity contribution >= 4 is 23.1 Å². The first-order chi connectivity index (χ1) is 13.9. The average molecular weight is 390 g/mol. The minimum absolute atomic E-state index is 0.105. The molecule has 0 fully saturated rings. The van der Waals surface area contributed by atoms with E-state index in [0.29, 0.717) is 28.1 Å². The number of hydrogen-bond acceptors (Lipinski definition) is 6. The largest absolute Gasteiger partial charge is 0.463 e. The molecule has 0 amide bonds. The summed E-state index contributed by atoms with van der Waals surface area (Å²) >= 11 is 0. The molecule has 4 rings (SSSR count). The molecule has 1 aliphatic heterocycles. The maximum atomic E-state index is 13.3. The van der Waals surface area contributed by atoms with E-state index in [1.165, 1.54) is 12.1 Å². The minimum Gasteiger partial charge on any atom is -0.463 e. The third-order valence-corrected chi connectivity index (χ3v) is 5.16. The zero-order valence-corrected chi connectivity index (χ0v) is 15.9. The van der Waals surface area contributed by atoms with E-state index in [9.17, 15) is 19.7 Å². The summed E-state index contributed by atoms with van der Waals surface area (Å²) in [5, 5.41) is 14.5. The number of non-ortho nitro benzene ring substituents is 1. The van der Waals surface area contributed by atoms with Gasteiger partial charge in [0.25, 0.3) is 5.69 Å². The number of nitro benzene ring substituents is 1. The minimum atomic E-state index is -0.759. The molecule has 7 nitrogen and oxygen atoms in total. The second kappa shape index (κ2) is 7.01. The van der Waals surface area contributed by atoms with Crippen molar-refractivity contribution in [1.82, 2.24) is 5.32 Å². The Morgan fingerprint density at radius 2 is 1.90 bits per heavy atom. The van der Waals surface area contributed by atoms with Crippen LogP contribution in [0.1, 0.15) is 41.3 Å². The first kappa shape index (κ1) is 18.6. The number of nitrogens with one attached hydrogen (secondary N) is 1. The zero-order chi connectivity index (χ0) is 20.7. The average Bonchev–Trinajstić information content (AvgIpc) is 2.99. The van der Waals surface area contributed by atoms with Crippen molar-refractivity contribution in [3.05, 3.63) is 92.2 Å². The SMILES string of the molecule is CCOC(=O)C1=C(C)NC2=C(C(=O)c3ccccc32)C1c1cccc([N+](=O)[O-])c1. The van der Waals surface area contributed by atoms with Gasteiger partial charge in [0.2, 0.25) is 0 Å². The fraction of sp³-hybridized carbons (Fsp3) is 0.182. The molecule has 0 radical (unpaired) electrons. The third-order valence-electron chi connectivity index (χ3n) is 5.16. The fourth-order valence-corrected chi connectivity index (χ4v) is 3.96. The van der Waals surface area contributed by atoms with Crippen molar-refractivity contribution in [2.24, 2.45) is 0 Å². The number of nitrogens with zero attached hydrogens (tertiary/aromatic N) is 1. The molecule has 7 heteroatoms. The van der Waals surface area contributed by atoms with E-state index in [4.69, 9.17) is 4.74 Å². The van der Waals surface area contributed by atoms with Crippen LogP contribution in [0.5, 0.6) is 0 Å². The molecule has 1 N–H and O–H groups in total. The number of fused-ring (bicyclic) bond motifs is 2. The van der Waals surface area contributed by atoms with E-state index in [2.05, 4.69) is 5.32 Å². The van der Waals surface area contributed by atoms with Gasteiger partial charge in [0.1, 0.15) is 0 Å². The molecule has 29 heavy (non-hydrogen) atoms. The smallest absolute Gasteiger partial charge is 0.336 e. The number of ketones is 1. The molecule has 0 saturated carbocycles. The lowest BCUT2D eigenvalue weighted by Gasteiger charge is -2.29. The number of carbonyl (C=O) groups is 2. The molecular formula is C22H18N2O5. The van der Waals surface area contributed by atoms with Gasteiger partial charge in [-0.25, -0.2) is 4.79 Å². The van der Waals surface area contributed by atoms with Gasteiger partial charge in [-0.1, -0.05) is 36.4 Å². The highest BCUT2D eigenvalue weighted by atomic mass is 16.6. The van der Waals surface area contributed by atoms with Crippen LogP contribution in [-0.4, -0.2) is 23.3 Å². The molecule has 146 valence electrons. The summed E-state index contributed by atoms with van der Waals surface area (Å²) in [5.41, 5.74) is 3.57. The lowest BCUT2D eigenvalue weighted by Crippen LogP contribution is -2.29. The predicted octanol–water partition coefficient (Wildman–Crippen LogP) is 3.73. The summed E-state index contributed by atoms with van der Waals surface area (Å²) in [6.45, 7) is 3.62. The number of allylic oxidation sites excluding steroid dienone is 2. The molecule has 1 heterocycles. The quantitative estimate of drug-likeness (QED) is 0.485. The van der Waals surface area contributed by atoms with Crippen LogP contribution in [0.3, 0.4) is 0 Å². The number of Topliss-reactive ketones (excluding diaryl/α,β-unsaturated/α-hetero) is 1. The van der Waals surface area contributed by atoms with Crippen molar-refractivity contribution in [2.45, 2.75) is 19.8 Å². The van der Waals surface area contributed by atoms with Crippen molar-refractivity contribution in [1.29, 1.82) is 0 Å². The monoisotopic (exact) mass is 390 g/mol. The summed E-state index contributed by atoms with van der Waals surface area (Å²) in [4.78, 5) is 36.9. The molecule has 1 aliphatic carbocycles. The van der Waals surface area contributed by atoms with E-state index in [1.807, 2.05) is 12.1 Å². The topological polar surface area (TPSA) is 98.5 Å². The van der Waals surface area contributed by atoms with E-state index >= 15 is 0 Å². The molecule has 0 bridgehead atoms. The molecule has 0 spiro atoms. The van der Waals surface area contributed by atoms with Gasteiger partial charge in [-0.3, -0.25) is 14.9 Å². The third kappa shape index (κ3) is 2.91. The summed E-state index contributed by atoms with van der Waals surface area (Å²) in [6, 6.07) is 13.2. The molecule has 2 aromatic carbocycles.